The number of fused-ring (bicyclic) bond motifs is 1. The topological polar surface area (TPSA) is 34.4 Å². The minimum atomic E-state index is -0.100. The van der Waals surface area contributed by atoms with E-state index >= 15 is 0 Å². The maximum Gasteiger partial charge on any atom is 0.252 e. The molecule has 3 aromatic rings. The molecule has 124 valence electrons. The van der Waals surface area contributed by atoms with Crippen LogP contribution in [-0.4, -0.2) is 10.5 Å². The summed E-state index contributed by atoms with van der Waals surface area (Å²) in [5.74, 6) is -0.100. The standard InChI is InChI=1S/C20H22N2OS/c1-5-15-8-10-16(11-9-15)12-17(23)21-20-22(4)18-13(2)6-7-14(3)19(18)24-20/h6-11H,5,12H2,1-4H3. The number of carbonyl (C=O) groups excluding carboxylic acids is 1. The highest BCUT2D eigenvalue weighted by molar-refractivity contribution is 7.16. The van der Waals surface area contributed by atoms with Gasteiger partial charge in [-0.25, -0.2) is 0 Å². The lowest BCUT2D eigenvalue weighted by Crippen LogP contribution is -2.14. The van der Waals surface area contributed by atoms with Crippen molar-refractivity contribution in [2.24, 2.45) is 12.0 Å². The smallest absolute Gasteiger partial charge is 0.252 e. The highest BCUT2D eigenvalue weighted by atomic mass is 32.1. The van der Waals surface area contributed by atoms with E-state index in [1.807, 2.05) is 23.7 Å². The van der Waals surface area contributed by atoms with Gasteiger partial charge >= 0.3 is 0 Å². The van der Waals surface area contributed by atoms with Gasteiger partial charge in [-0.2, -0.15) is 4.99 Å². The zero-order valence-corrected chi connectivity index (χ0v) is 15.4. The van der Waals surface area contributed by atoms with E-state index in [1.165, 1.54) is 26.9 Å². The quantitative estimate of drug-likeness (QED) is 0.708. The van der Waals surface area contributed by atoms with Crippen LogP contribution in [0.15, 0.2) is 41.4 Å². The van der Waals surface area contributed by atoms with Crippen LogP contribution in [-0.2, 0) is 24.7 Å². The summed E-state index contributed by atoms with van der Waals surface area (Å²) in [5.41, 5.74) is 5.89. The van der Waals surface area contributed by atoms with E-state index in [2.05, 4.69) is 50.0 Å². The van der Waals surface area contributed by atoms with Crippen LogP contribution < -0.4 is 4.80 Å². The first-order valence-electron chi connectivity index (χ1n) is 8.20. The van der Waals surface area contributed by atoms with Crippen molar-refractivity contribution >= 4 is 27.5 Å². The van der Waals surface area contributed by atoms with Crippen molar-refractivity contribution in [2.75, 3.05) is 0 Å². The molecule has 0 atom stereocenters. The number of aryl methyl sites for hydroxylation is 4. The molecule has 0 saturated carbocycles. The first-order valence-corrected chi connectivity index (χ1v) is 9.02. The summed E-state index contributed by atoms with van der Waals surface area (Å²) in [6, 6.07) is 12.4. The monoisotopic (exact) mass is 338 g/mol. The number of thiazole rings is 1. The van der Waals surface area contributed by atoms with Crippen LogP contribution in [0.4, 0.5) is 0 Å². The van der Waals surface area contributed by atoms with Gasteiger partial charge in [0.05, 0.1) is 16.6 Å². The van der Waals surface area contributed by atoms with Crippen molar-refractivity contribution in [3.8, 4) is 0 Å². The molecule has 0 spiro atoms. The van der Waals surface area contributed by atoms with E-state index in [9.17, 15) is 4.79 Å². The lowest BCUT2D eigenvalue weighted by Gasteiger charge is -2.02. The molecule has 1 aromatic heterocycles. The zero-order chi connectivity index (χ0) is 17.3. The van der Waals surface area contributed by atoms with E-state index in [-0.39, 0.29) is 5.91 Å². The maximum atomic E-state index is 12.4. The van der Waals surface area contributed by atoms with Crippen molar-refractivity contribution in [1.29, 1.82) is 0 Å². The predicted octanol–water partition coefficient (Wildman–Crippen LogP) is 4.09. The number of hydrogen-bond donors (Lipinski definition) is 0. The molecule has 0 aliphatic carbocycles. The average Bonchev–Trinajstić information content (AvgIpc) is 2.90. The second kappa shape index (κ2) is 6.73. The van der Waals surface area contributed by atoms with Gasteiger partial charge in [-0.1, -0.05) is 54.7 Å². The van der Waals surface area contributed by atoms with Crippen LogP contribution in [0.5, 0.6) is 0 Å². The van der Waals surface area contributed by atoms with Crippen LogP contribution in [0.25, 0.3) is 10.2 Å². The summed E-state index contributed by atoms with van der Waals surface area (Å²) in [5, 5.41) is 0. The van der Waals surface area contributed by atoms with Crippen LogP contribution in [0.1, 0.15) is 29.2 Å². The summed E-state index contributed by atoms with van der Waals surface area (Å²) in [6.07, 6.45) is 1.35. The van der Waals surface area contributed by atoms with Gasteiger partial charge in [0.2, 0.25) is 0 Å². The SMILES string of the molecule is CCc1ccc(CC(=O)N=c2sc3c(C)ccc(C)c3n2C)cc1. The Hall–Kier alpha value is -2.20. The number of rotatable bonds is 3. The molecule has 0 saturated heterocycles. The van der Waals surface area contributed by atoms with Crippen molar-refractivity contribution < 1.29 is 4.79 Å². The second-order valence-corrected chi connectivity index (χ2v) is 7.15. The molecule has 4 heteroatoms. The largest absolute Gasteiger partial charge is 0.319 e. The Morgan fingerprint density at radius 1 is 1.04 bits per heavy atom. The second-order valence-electron chi connectivity index (χ2n) is 6.17. The maximum absolute atomic E-state index is 12.4. The molecule has 3 nitrogen and oxygen atoms in total. The molecule has 0 fully saturated rings. The molecule has 2 aromatic carbocycles. The van der Waals surface area contributed by atoms with Gasteiger partial charge in [0, 0.05) is 7.05 Å². The van der Waals surface area contributed by atoms with Crippen LogP contribution in [0, 0.1) is 13.8 Å². The lowest BCUT2D eigenvalue weighted by atomic mass is 10.1. The fraction of sp³-hybridized carbons (Fsp3) is 0.300. The Morgan fingerprint density at radius 3 is 2.29 bits per heavy atom. The fourth-order valence-electron chi connectivity index (χ4n) is 2.88. The zero-order valence-electron chi connectivity index (χ0n) is 14.6. The Labute approximate surface area is 146 Å². The molecule has 0 radical (unpaired) electrons. The molecule has 24 heavy (non-hydrogen) atoms. The van der Waals surface area contributed by atoms with Gasteiger partial charge in [-0.05, 0) is 42.5 Å². The molecular weight excluding hydrogens is 316 g/mol. The highest BCUT2D eigenvalue weighted by Gasteiger charge is 2.09. The third kappa shape index (κ3) is 3.20. The molecule has 1 amide bonds. The molecule has 0 unspecified atom stereocenters. The first kappa shape index (κ1) is 16.7. The highest BCUT2D eigenvalue weighted by Crippen LogP contribution is 2.24. The van der Waals surface area contributed by atoms with E-state index in [4.69, 9.17) is 0 Å². The third-order valence-corrected chi connectivity index (χ3v) is 5.62. The number of amides is 1. The Kier molecular flexibility index (Phi) is 4.67. The summed E-state index contributed by atoms with van der Waals surface area (Å²) in [6.45, 7) is 6.31. The van der Waals surface area contributed by atoms with Gasteiger partial charge in [-0.3, -0.25) is 4.79 Å². The van der Waals surface area contributed by atoms with Crippen LogP contribution in [0.3, 0.4) is 0 Å². The molecule has 0 N–H and O–H groups in total. The van der Waals surface area contributed by atoms with Crippen molar-refractivity contribution in [2.45, 2.75) is 33.6 Å². The minimum Gasteiger partial charge on any atom is -0.319 e. The number of hydrogen-bond acceptors (Lipinski definition) is 2. The molecular formula is C20H22N2OS. The van der Waals surface area contributed by atoms with E-state index in [0.717, 1.165) is 16.8 Å². The predicted molar refractivity (Wildman–Crippen MR) is 100 cm³/mol. The fourth-order valence-corrected chi connectivity index (χ4v) is 4.06. The number of nitrogens with zero attached hydrogens (tertiary/aromatic N) is 2. The number of benzene rings is 2. The van der Waals surface area contributed by atoms with Crippen molar-refractivity contribution in [1.82, 2.24) is 4.57 Å². The molecule has 0 aliphatic rings. The minimum absolute atomic E-state index is 0.100. The molecule has 3 rings (SSSR count). The first-order chi connectivity index (χ1) is 11.5. The van der Waals surface area contributed by atoms with E-state index in [1.54, 1.807) is 11.3 Å². The Bertz CT molecular complexity index is 962. The summed E-state index contributed by atoms with van der Waals surface area (Å²) in [7, 11) is 1.98. The van der Waals surface area contributed by atoms with Crippen molar-refractivity contribution in [3.05, 3.63) is 63.5 Å². The van der Waals surface area contributed by atoms with Gasteiger partial charge in [0.15, 0.2) is 4.80 Å². The van der Waals surface area contributed by atoms with E-state index in [0.29, 0.717) is 6.42 Å². The summed E-state index contributed by atoms with van der Waals surface area (Å²) >= 11 is 1.59. The third-order valence-electron chi connectivity index (χ3n) is 4.35. The number of carbonyl (C=O) groups is 1. The lowest BCUT2D eigenvalue weighted by molar-refractivity contribution is -0.117. The average molecular weight is 338 g/mol. The molecule has 0 aliphatic heterocycles. The van der Waals surface area contributed by atoms with Crippen molar-refractivity contribution in [3.63, 3.8) is 0 Å². The van der Waals surface area contributed by atoms with Gasteiger partial charge < -0.3 is 4.57 Å². The van der Waals surface area contributed by atoms with Crippen LogP contribution >= 0.6 is 11.3 Å². The molecule has 0 bridgehead atoms. The molecule has 1 heterocycles. The summed E-state index contributed by atoms with van der Waals surface area (Å²) < 4.78 is 3.23. The van der Waals surface area contributed by atoms with E-state index < -0.39 is 0 Å². The Morgan fingerprint density at radius 2 is 1.67 bits per heavy atom. The van der Waals surface area contributed by atoms with Gasteiger partial charge in [0.25, 0.3) is 5.91 Å². The normalized spacial score (nSPS) is 12.1. The Balaban J connectivity index is 1.94. The van der Waals surface area contributed by atoms with Gasteiger partial charge in [0.1, 0.15) is 0 Å². The number of aromatic nitrogens is 1. The van der Waals surface area contributed by atoms with Crippen LogP contribution in [0.2, 0.25) is 0 Å². The van der Waals surface area contributed by atoms with Gasteiger partial charge in [-0.15, -0.1) is 0 Å². The summed E-state index contributed by atoms with van der Waals surface area (Å²) in [4.78, 5) is 17.5.